The van der Waals surface area contributed by atoms with Crippen molar-refractivity contribution >= 4 is 11.4 Å². The normalized spacial score (nSPS) is 20.2. The number of hydrogen-bond donors (Lipinski definition) is 1. The second kappa shape index (κ2) is 4.01. The number of benzene rings is 1. The van der Waals surface area contributed by atoms with Gasteiger partial charge < -0.3 is 15.0 Å². The first-order valence-electron chi connectivity index (χ1n) is 5.37. The Bertz CT molecular complexity index is 351. The third-order valence-corrected chi connectivity index (χ3v) is 3.12. The van der Waals surface area contributed by atoms with Crippen molar-refractivity contribution in [2.75, 3.05) is 30.9 Å². The minimum absolute atomic E-state index is 0.576. The number of hydrogen-bond acceptors (Lipinski definition) is 3. The summed E-state index contributed by atoms with van der Waals surface area (Å²) in [5.74, 6) is 0.907. The molecule has 1 atom stereocenters. The molecule has 3 nitrogen and oxygen atoms in total. The van der Waals surface area contributed by atoms with E-state index in [4.69, 9.17) is 4.74 Å². The van der Waals surface area contributed by atoms with E-state index in [2.05, 4.69) is 36.3 Å². The van der Waals surface area contributed by atoms with Gasteiger partial charge in [0.15, 0.2) is 0 Å². The average Bonchev–Trinajstić information content (AvgIpc) is 2.40. The summed E-state index contributed by atoms with van der Waals surface area (Å²) in [6, 6.07) is 6.76. The number of anilines is 2. The Hall–Kier alpha value is -1.38. The van der Waals surface area contributed by atoms with Gasteiger partial charge in [0.2, 0.25) is 0 Å². The van der Waals surface area contributed by atoms with E-state index in [0.717, 1.165) is 18.7 Å². The highest BCUT2D eigenvalue weighted by Gasteiger charge is 2.17. The zero-order valence-electron chi connectivity index (χ0n) is 9.58. The van der Waals surface area contributed by atoms with Crippen LogP contribution in [0.1, 0.15) is 13.3 Å². The molecular formula is C12H18N2O. The van der Waals surface area contributed by atoms with Gasteiger partial charge in [0, 0.05) is 25.7 Å². The number of nitrogens with one attached hydrogen (secondary N) is 1. The molecule has 1 unspecified atom stereocenters. The molecule has 0 aliphatic carbocycles. The minimum atomic E-state index is 0.576. The molecule has 3 heteroatoms. The molecule has 1 heterocycles. The molecule has 1 aliphatic rings. The van der Waals surface area contributed by atoms with Gasteiger partial charge >= 0.3 is 0 Å². The SMILES string of the molecule is COc1ccc2c(c1)NCCC(C)N2C. The van der Waals surface area contributed by atoms with Gasteiger partial charge in [-0.15, -0.1) is 0 Å². The molecule has 0 radical (unpaired) electrons. The van der Waals surface area contributed by atoms with E-state index in [9.17, 15) is 0 Å². The summed E-state index contributed by atoms with van der Waals surface area (Å²) in [7, 11) is 3.84. The van der Waals surface area contributed by atoms with Crippen LogP contribution in [0.3, 0.4) is 0 Å². The topological polar surface area (TPSA) is 24.5 Å². The quantitative estimate of drug-likeness (QED) is 0.763. The Morgan fingerprint density at radius 2 is 2.27 bits per heavy atom. The Labute approximate surface area is 91.0 Å². The van der Waals surface area contributed by atoms with E-state index in [1.807, 2.05) is 6.07 Å². The van der Waals surface area contributed by atoms with Gasteiger partial charge in [-0.2, -0.15) is 0 Å². The maximum Gasteiger partial charge on any atom is 0.121 e. The standard InChI is InChI=1S/C12H18N2O/c1-9-6-7-13-11-8-10(15-3)4-5-12(11)14(9)2/h4-5,8-9,13H,6-7H2,1-3H3. The van der Waals surface area contributed by atoms with E-state index in [-0.39, 0.29) is 0 Å². The first kappa shape index (κ1) is 10.1. The molecule has 0 saturated heterocycles. The molecule has 1 aromatic carbocycles. The van der Waals surface area contributed by atoms with Crippen LogP contribution < -0.4 is 15.0 Å². The van der Waals surface area contributed by atoms with E-state index in [1.54, 1.807) is 7.11 Å². The first-order chi connectivity index (χ1) is 7.22. The molecule has 1 aromatic rings. The highest BCUT2D eigenvalue weighted by Crippen LogP contribution is 2.32. The molecule has 0 fully saturated rings. The Morgan fingerprint density at radius 3 is 3.00 bits per heavy atom. The fourth-order valence-electron chi connectivity index (χ4n) is 1.94. The zero-order valence-corrected chi connectivity index (χ0v) is 9.58. The fourth-order valence-corrected chi connectivity index (χ4v) is 1.94. The van der Waals surface area contributed by atoms with Crippen molar-refractivity contribution in [1.82, 2.24) is 0 Å². The molecule has 82 valence electrons. The lowest BCUT2D eigenvalue weighted by atomic mass is 10.2. The van der Waals surface area contributed by atoms with Crippen LogP contribution in [-0.4, -0.2) is 26.7 Å². The van der Waals surface area contributed by atoms with Crippen LogP contribution in [0.5, 0.6) is 5.75 Å². The average molecular weight is 206 g/mol. The molecule has 0 bridgehead atoms. The molecule has 2 rings (SSSR count). The summed E-state index contributed by atoms with van der Waals surface area (Å²) in [6.45, 7) is 3.27. The van der Waals surface area contributed by atoms with Crippen molar-refractivity contribution in [2.24, 2.45) is 0 Å². The number of ether oxygens (including phenoxy) is 1. The van der Waals surface area contributed by atoms with E-state index in [0.29, 0.717) is 6.04 Å². The minimum Gasteiger partial charge on any atom is -0.497 e. The second-order valence-electron chi connectivity index (χ2n) is 4.06. The fraction of sp³-hybridized carbons (Fsp3) is 0.500. The number of methoxy groups -OCH3 is 1. The van der Waals surface area contributed by atoms with Crippen LogP contribution in [0.15, 0.2) is 18.2 Å². The maximum atomic E-state index is 5.22. The van der Waals surface area contributed by atoms with Crippen molar-refractivity contribution < 1.29 is 4.74 Å². The number of fused-ring (bicyclic) bond motifs is 1. The van der Waals surface area contributed by atoms with Crippen LogP contribution in [0.4, 0.5) is 11.4 Å². The van der Waals surface area contributed by atoms with Crippen molar-refractivity contribution in [3.05, 3.63) is 18.2 Å². The van der Waals surface area contributed by atoms with Crippen LogP contribution in [0.2, 0.25) is 0 Å². The van der Waals surface area contributed by atoms with Crippen molar-refractivity contribution in [3.63, 3.8) is 0 Å². The predicted molar refractivity (Wildman–Crippen MR) is 64.0 cm³/mol. The lowest BCUT2D eigenvalue weighted by molar-refractivity contribution is 0.415. The van der Waals surface area contributed by atoms with Crippen molar-refractivity contribution in [1.29, 1.82) is 0 Å². The van der Waals surface area contributed by atoms with Gasteiger partial charge in [-0.05, 0) is 25.5 Å². The van der Waals surface area contributed by atoms with Crippen LogP contribution in [0.25, 0.3) is 0 Å². The lowest BCUT2D eigenvalue weighted by Crippen LogP contribution is -2.28. The molecule has 0 saturated carbocycles. The summed E-state index contributed by atoms with van der Waals surface area (Å²) >= 11 is 0. The van der Waals surface area contributed by atoms with Crippen LogP contribution in [0, 0.1) is 0 Å². The molecule has 1 aliphatic heterocycles. The number of nitrogens with zero attached hydrogens (tertiary/aromatic N) is 1. The molecule has 1 N–H and O–H groups in total. The van der Waals surface area contributed by atoms with Gasteiger partial charge in [-0.3, -0.25) is 0 Å². The Kier molecular flexibility index (Phi) is 2.71. The zero-order chi connectivity index (χ0) is 10.8. The summed E-state index contributed by atoms with van der Waals surface area (Å²) < 4.78 is 5.22. The molecular weight excluding hydrogens is 188 g/mol. The second-order valence-corrected chi connectivity index (χ2v) is 4.06. The summed E-state index contributed by atoms with van der Waals surface area (Å²) in [5.41, 5.74) is 2.42. The maximum absolute atomic E-state index is 5.22. The van der Waals surface area contributed by atoms with Gasteiger partial charge in [0.25, 0.3) is 0 Å². The first-order valence-corrected chi connectivity index (χ1v) is 5.37. The molecule has 0 amide bonds. The largest absolute Gasteiger partial charge is 0.497 e. The van der Waals surface area contributed by atoms with E-state index < -0.39 is 0 Å². The summed E-state index contributed by atoms with van der Waals surface area (Å²) in [4.78, 5) is 2.31. The Morgan fingerprint density at radius 1 is 1.47 bits per heavy atom. The van der Waals surface area contributed by atoms with Crippen molar-refractivity contribution in [3.8, 4) is 5.75 Å². The highest BCUT2D eigenvalue weighted by atomic mass is 16.5. The van der Waals surface area contributed by atoms with Gasteiger partial charge in [0.1, 0.15) is 5.75 Å². The molecule has 0 spiro atoms. The monoisotopic (exact) mass is 206 g/mol. The number of rotatable bonds is 1. The highest BCUT2D eigenvalue weighted by molar-refractivity contribution is 5.72. The lowest BCUT2D eigenvalue weighted by Gasteiger charge is -2.25. The van der Waals surface area contributed by atoms with Crippen molar-refractivity contribution in [2.45, 2.75) is 19.4 Å². The summed E-state index contributed by atoms with van der Waals surface area (Å²) in [5, 5.41) is 3.44. The van der Waals surface area contributed by atoms with Crippen LogP contribution >= 0.6 is 0 Å². The van der Waals surface area contributed by atoms with Gasteiger partial charge in [-0.25, -0.2) is 0 Å². The third-order valence-electron chi connectivity index (χ3n) is 3.12. The third kappa shape index (κ3) is 1.87. The Balaban J connectivity index is 2.39. The van der Waals surface area contributed by atoms with Gasteiger partial charge in [0.05, 0.1) is 18.5 Å². The smallest absolute Gasteiger partial charge is 0.121 e. The van der Waals surface area contributed by atoms with E-state index >= 15 is 0 Å². The summed E-state index contributed by atoms with van der Waals surface area (Å²) in [6.07, 6.45) is 1.16. The van der Waals surface area contributed by atoms with Crippen LogP contribution in [-0.2, 0) is 0 Å². The van der Waals surface area contributed by atoms with Gasteiger partial charge in [-0.1, -0.05) is 0 Å². The molecule has 15 heavy (non-hydrogen) atoms. The molecule has 0 aromatic heterocycles. The predicted octanol–water partition coefficient (Wildman–Crippen LogP) is 2.34. The van der Waals surface area contributed by atoms with E-state index in [1.165, 1.54) is 11.4 Å².